The zero-order valence-corrected chi connectivity index (χ0v) is 14.8. The number of amides is 1. The minimum atomic E-state index is -3.59. The van der Waals surface area contributed by atoms with Crippen molar-refractivity contribution in [2.45, 2.75) is 18.7 Å². The quantitative estimate of drug-likeness (QED) is 0.635. The number of benzene rings is 1. The van der Waals surface area contributed by atoms with Crippen molar-refractivity contribution in [1.82, 2.24) is 14.7 Å². The fourth-order valence-electron chi connectivity index (χ4n) is 2.11. The maximum absolute atomic E-state index is 12.1. The van der Waals surface area contributed by atoms with Gasteiger partial charge in [-0.05, 0) is 38.1 Å². The molecule has 128 valence electrons. The predicted octanol–water partition coefficient (Wildman–Crippen LogP) is 1.65. The van der Waals surface area contributed by atoms with Crippen molar-refractivity contribution in [3.05, 3.63) is 52.8 Å². The molecule has 7 nitrogen and oxygen atoms in total. The van der Waals surface area contributed by atoms with Gasteiger partial charge in [-0.3, -0.25) is 4.79 Å². The molecule has 0 radical (unpaired) electrons. The van der Waals surface area contributed by atoms with E-state index in [0.717, 1.165) is 21.3 Å². The second-order valence-electron chi connectivity index (χ2n) is 5.55. The molecule has 8 heteroatoms. The van der Waals surface area contributed by atoms with Crippen molar-refractivity contribution in [3.8, 4) is 0 Å². The summed E-state index contributed by atoms with van der Waals surface area (Å²) in [5.41, 5.74) is 5.44. The van der Waals surface area contributed by atoms with Crippen LogP contribution in [0.25, 0.3) is 0 Å². The molecule has 1 amide bonds. The number of hydrogen-bond acceptors (Lipinski definition) is 4. The molecule has 0 fully saturated rings. The highest BCUT2D eigenvalue weighted by molar-refractivity contribution is 7.89. The lowest BCUT2D eigenvalue weighted by Crippen LogP contribution is -2.23. The Morgan fingerprint density at radius 1 is 1.25 bits per heavy atom. The largest absolute Gasteiger partial charge is 0.362 e. The molecule has 1 aromatic carbocycles. The summed E-state index contributed by atoms with van der Waals surface area (Å²) in [6.45, 7) is 3.84. The summed E-state index contributed by atoms with van der Waals surface area (Å²) < 4.78 is 25.3. The molecule has 0 saturated heterocycles. The van der Waals surface area contributed by atoms with Gasteiger partial charge in [0.05, 0.1) is 11.1 Å². The van der Waals surface area contributed by atoms with Crippen molar-refractivity contribution < 1.29 is 13.2 Å². The number of carbonyl (C=O) groups excluding carboxylic acids is 1. The fourth-order valence-corrected chi connectivity index (χ4v) is 3.06. The van der Waals surface area contributed by atoms with E-state index in [0.29, 0.717) is 0 Å². The van der Waals surface area contributed by atoms with Gasteiger partial charge in [0, 0.05) is 36.6 Å². The van der Waals surface area contributed by atoms with E-state index < -0.39 is 15.9 Å². The molecular weight excluding hydrogens is 328 g/mol. The Morgan fingerprint density at radius 2 is 1.96 bits per heavy atom. The highest BCUT2D eigenvalue weighted by Crippen LogP contribution is 2.14. The second kappa shape index (κ2) is 6.98. The Labute approximate surface area is 141 Å². The van der Waals surface area contributed by atoms with E-state index in [9.17, 15) is 13.2 Å². The number of aromatic amines is 1. The van der Waals surface area contributed by atoms with Crippen LogP contribution in [-0.2, 0) is 10.0 Å². The van der Waals surface area contributed by atoms with Crippen LogP contribution < -0.4 is 5.43 Å². The zero-order chi connectivity index (χ0) is 17.9. The molecule has 0 aliphatic carbocycles. The van der Waals surface area contributed by atoms with E-state index in [2.05, 4.69) is 15.5 Å². The highest BCUT2D eigenvalue weighted by Gasteiger charge is 2.18. The number of nitrogens with zero attached hydrogens (tertiary/aromatic N) is 2. The second-order valence-corrected chi connectivity index (χ2v) is 7.70. The van der Waals surface area contributed by atoms with E-state index >= 15 is 0 Å². The van der Waals surface area contributed by atoms with Gasteiger partial charge in [0.2, 0.25) is 10.0 Å². The van der Waals surface area contributed by atoms with Crippen molar-refractivity contribution in [1.29, 1.82) is 0 Å². The lowest BCUT2D eigenvalue weighted by molar-refractivity contribution is 0.0955. The molecule has 1 aromatic heterocycles. The van der Waals surface area contributed by atoms with Gasteiger partial charge in [-0.1, -0.05) is 6.07 Å². The molecule has 0 aliphatic rings. The third-order valence-corrected chi connectivity index (χ3v) is 5.25. The third-order valence-electron chi connectivity index (χ3n) is 3.43. The van der Waals surface area contributed by atoms with Crippen LogP contribution in [0.3, 0.4) is 0 Å². The molecule has 0 atom stereocenters. The molecule has 0 aliphatic heterocycles. The third kappa shape index (κ3) is 3.90. The Morgan fingerprint density at radius 3 is 2.54 bits per heavy atom. The zero-order valence-electron chi connectivity index (χ0n) is 14.0. The normalized spacial score (nSPS) is 12.0. The molecular formula is C16H20N4O3S. The number of hydrazone groups is 1. The van der Waals surface area contributed by atoms with Gasteiger partial charge in [-0.15, -0.1) is 0 Å². The predicted molar refractivity (Wildman–Crippen MR) is 92.6 cm³/mol. The molecule has 24 heavy (non-hydrogen) atoms. The average molecular weight is 348 g/mol. The van der Waals surface area contributed by atoms with E-state index in [1.165, 1.54) is 44.6 Å². The number of rotatable bonds is 5. The summed E-state index contributed by atoms with van der Waals surface area (Å²) in [7, 11) is -0.712. The van der Waals surface area contributed by atoms with E-state index in [4.69, 9.17) is 0 Å². The topological polar surface area (TPSA) is 94.6 Å². The summed E-state index contributed by atoms with van der Waals surface area (Å²) in [4.78, 5) is 15.3. The minimum absolute atomic E-state index is 0.0567. The van der Waals surface area contributed by atoms with Gasteiger partial charge >= 0.3 is 0 Å². The number of nitrogens with one attached hydrogen (secondary N) is 2. The SMILES string of the molecule is Cc1cc(/C=N/NC(=O)c2cccc(S(=O)(=O)N(C)C)c2)c(C)[nH]1. The first kappa shape index (κ1) is 17.9. The number of sulfonamides is 1. The van der Waals surface area contributed by atoms with Crippen LogP contribution in [0.15, 0.2) is 40.3 Å². The monoisotopic (exact) mass is 348 g/mol. The van der Waals surface area contributed by atoms with E-state index in [1.807, 2.05) is 19.9 Å². The number of carbonyl (C=O) groups is 1. The summed E-state index contributed by atoms with van der Waals surface area (Å²) in [6, 6.07) is 7.74. The van der Waals surface area contributed by atoms with Gasteiger partial charge < -0.3 is 4.98 Å². The van der Waals surface area contributed by atoms with Gasteiger partial charge in [0.1, 0.15) is 0 Å². The Bertz CT molecular complexity index is 882. The number of aromatic nitrogens is 1. The molecule has 0 saturated carbocycles. The first-order valence-corrected chi connectivity index (χ1v) is 8.68. The molecule has 2 rings (SSSR count). The lowest BCUT2D eigenvalue weighted by atomic mass is 10.2. The van der Waals surface area contributed by atoms with Crippen molar-refractivity contribution in [2.24, 2.45) is 5.10 Å². The maximum atomic E-state index is 12.1. The van der Waals surface area contributed by atoms with Crippen LogP contribution >= 0.6 is 0 Å². The number of hydrogen-bond donors (Lipinski definition) is 2. The van der Waals surface area contributed by atoms with Crippen LogP contribution in [0.5, 0.6) is 0 Å². The summed E-state index contributed by atoms with van der Waals surface area (Å²) >= 11 is 0. The summed E-state index contributed by atoms with van der Waals surface area (Å²) in [6.07, 6.45) is 1.54. The van der Waals surface area contributed by atoms with Crippen LogP contribution in [0.4, 0.5) is 0 Å². The first-order valence-electron chi connectivity index (χ1n) is 7.24. The number of aryl methyl sites for hydroxylation is 2. The Hall–Kier alpha value is -2.45. The maximum Gasteiger partial charge on any atom is 0.271 e. The summed E-state index contributed by atoms with van der Waals surface area (Å²) in [5.74, 6) is -0.480. The van der Waals surface area contributed by atoms with Gasteiger partial charge in [0.25, 0.3) is 5.91 Å². The fraction of sp³-hybridized carbons (Fsp3) is 0.250. The molecule has 0 bridgehead atoms. The smallest absolute Gasteiger partial charge is 0.271 e. The van der Waals surface area contributed by atoms with Gasteiger partial charge in [-0.25, -0.2) is 18.1 Å². The molecule has 0 spiro atoms. The molecule has 2 N–H and O–H groups in total. The van der Waals surface area contributed by atoms with Crippen LogP contribution in [-0.4, -0.2) is 43.9 Å². The van der Waals surface area contributed by atoms with E-state index in [-0.39, 0.29) is 10.5 Å². The Balaban J connectivity index is 2.15. The van der Waals surface area contributed by atoms with Crippen LogP contribution in [0.2, 0.25) is 0 Å². The lowest BCUT2D eigenvalue weighted by Gasteiger charge is -2.11. The average Bonchev–Trinajstić information content (AvgIpc) is 2.85. The van der Waals surface area contributed by atoms with Gasteiger partial charge in [-0.2, -0.15) is 5.10 Å². The molecule has 0 unspecified atom stereocenters. The molecule has 1 heterocycles. The first-order chi connectivity index (χ1) is 11.2. The van der Waals surface area contributed by atoms with E-state index in [1.54, 1.807) is 0 Å². The highest BCUT2D eigenvalue weighted by atomic mass is 32.2. The van der Waals surface area contributed by atoms with Crippen molar-refractivity contribution in [2.75, 3.05) is 14.1 Å². The number of H-pyrrole nitrogens is 1. The molecule has 2 aromatic rings. The summed E-state index contributed by atoms with van der Waals surface area (Å²) in [5, 5.41) is 3.91. The Kier molecular flexibility index (Phi) is 5.20. The van der Waals surface area contributed by atoms with Crippen molar-refractivity contribution in [3.63, 3.8) is 0 Å². The minimum Gasteiger partial charge on any atom is -0.362 e. The standard InChI is InChI=1S/C16H20N4O3S/c1-11-8-14(12(2)18-11)10-17-19-16(21)13-6-5-7-15(9-13)24(22,23)20(3)4/h5-10,18H,1-4H3,(H,19,21)/b17-10+. The van der Waals surface area contributed by atoms with Crippen LogP contribution in [0, 0.1) is 13.8 Å². The van der Waals surface area contributed by atoms with Crippen LogP contribution in [0.1, 0.15) is 27.3 Å². The van der Waals surface area contributed by atoms with Crippen molar-refractivity contribution >= 4 is 22.1 Å². The van der Waals surface area contributed by atoms with Gasteiger partial charge in [0.15, 0.2) is 0 Å².